The Morgan fingerprint density at radius 2 is 1.71 bits per heavy atom. The number of hydrogen-bond donors (Lipinski definition) is 0. The van der Waals surface area contributed by atoms with Crippen LogP contribution < -0.4 is 4.90 Å². The van der Waals surface area contributed by atoms with Gasteiger partial charge in [0.25, 0.3) is 11.6 Å². The number of rotatable bonds is 6. The predicted molar refractivity (Wildman–Crippen MR) is 130 cm³/mol. The van der Waals surface area contributed by atoms with Crippen LogP contribution >= 0.6 is 0 Å². The van der Waals surface area contributed by atoms with E-state index in [1.54, 1.807) is 6.07 Å². The third-order valence-electron chi connectivity index (χ3n) is 6.19. The molecule has 1 aliphatic rings. The lowest BCUT2D eigenvalue weighted by molar-refractivity contribution is -0.384. The number of nitro groups is 1. The number of piperazine rings is 1. The number of anilines is 1. The largest absolute Gasteiger partial charge is 0.363 e. The molecule has 5 rings (SSSR count). The van der Waals surface area contributed by atoms with Gasteiger partial charge >= 0.3 is 0 Å². The van der Waals surface area contributed by atoms with Crippen molar-refractivity contribution in [1.29, 1.82) is 0 Å². The highest BCUT2D eigenvalue weighted by atomic mass is 16.6. The molecule has 3 aromatic carbocycles. The zero-order valence-corrected chi connectivity index (χ0v) is 18.9. The first-order valence-corrected chi connectivity index (χ1v) is 11.3. The Morgan fingerprint density at radius 3 is 2.44 bits per heavy atom. The van der Waals surface area contributed by atoms with Crippen molar-refractivity contribution in [3.05, 3.63) is 94.0 Å². The highest BCUT2D eigenvalue weighted by Crippen LogP contribution is 2.34. The Kier molecular flexibility index (Phi) is 6.05. The third kappa shape index (κ3) is 4.53. The Labute approximate surface area is 197 Å². The first kappa shape index (κ1) is 21.8. The molecule has 2 heterocycles. The zero-order valence-electron chi connectivity index (χ0n) is 18.9. The molecule has 8 nitrogen and oxygen atoms in total. The van der Waals surface area contributed by atoms with E-state index in [4.69, 9.17) is 4.52 Å². The molecule has 0 aliphatic carbocycles. The fraction of sp³-hybridized carbons (Fsp3) is 0.231. The number of aryl methyl sites for hydroxylation is 1. The summed E-state index contributed by atoms with van der Waals surface area (Å²) in [6.07, 6.45) is 0. The molecule has 1 saturated heterocycles. The van der Waals surface area contributed by atoms with Crippen molar-refractivity contribution in [3.63, 3.8) is 0 Å². The van der Waals surface area contributed by atoms with E-state index in [1.165, 1.54) is 11.6 Å². The molecule has 4 aromatic rings. The Balaban J connectivity index is 1.34. The summed E-state index contributed by atoms with van der Waals surface area (Å²) >= 11 is 0. The third-order valence-corrected chi connectivity index (χ3v) is 6.19. The number of benzene rings is 3. The summed E-state index contributed by atoms with van der Waals surface area (Å²) in [5.41, 5.74) is 4.37. The minimum absolute atomic E-state index is 0.0460. The number of nitro benzene ring substituents is 1. The van der Waals surface area contributed by atoms with E-state index in [2.05, 4.69) is 32.1 Å². The molecule has 0 bridgehead atoms. The van der Waals surface area contributed by atoms with Gasteiger partial charge in [-0.3, -0.25) is 15.0 Å². The lowest BCUT2D eigenvalue weighted by Crippen LogP contribution is -2.46. The summed E-state index contributed by atoms with van der Waals surface area (Å²) in [6.45, 7) is 6.01. The first-order valence-electron chi connectivity index (χ1n) is 11.3. The van der Waals surface area contributed by atoms with E-state index in [1.807, 2.05) is 55.5 Å². The second-order valence-electron chi connectivity index (χ2n) is 8.45. The van der Waals surface area contributed by atoms with E-state index in [-0.39, 0.29) is 16.5 Å². The van der Waals surface area contributed by atoms with Gasteiger partial charge in [0.1, 0.15) is 5.69 Å². The minimum atomic E-state index is -0.339. The van der Waals surface area contributed by atoms with Crippen molar-refractivity contribution in [2.24, 2.45) is 0 Å². The van der Waals surface area contributed by atoms with Crippen LogP contribution in [0.25, 0.3) is 22.8 Å². The molecule has 34 heavy (non-hydrogen) atoms. The van der Waals surface area contributed by atoms with Gasteiger partial charge < -0.3 is 9.42 Å². The highest BCUT2D eigenvalue weighted by Gasteiger charge is 2.25. The van der Waals surface area contributed by atoms with Gasteiger partial charge in [-0.05, 0) is 30.2 Å². The Hall–Kier alpha value is -4.04. The van der Waals surface area contributed by atoms with Crippen LogP contribution in [-0.4, -0.2) is 46.1 Å². The fourth-order valence-electron chi connectivity index (χ4n) is 4.33. The summed E-state index contributed by atoms with van der Waals surface area (Å²) in [5.74, 6) is 0.731. The fourth-order valence-corrected chi connectivity index (χ4v) is 4.33. The van der Waals surface area contributed by atoms with E-state index in [0.717, 1.165) is 43.9 Å². The molecule has 1 aliphatic heterocycles. The van der Waals surface area contributed by atoms with Gasteiger partial charge in [0.05, 0.1) is 4.92 Å². The number of aromatic nitrogens is 2. The Morgan fingerprint density at radius 1 is 0.971 bits per heavy atom. The zero-order chi connectivity index (χ0) is 23.5. The van der Waals surface area contributed by atoms with Gasteiger partial charge in [0.15, 0.2) is 0 Å². The normalized spacial score (nSPS) is 14.3. The van der Waals surface area contributed by atoms with Gasteiger partial charge in [-0.1, -0.05) is 59.8 Å². The molecule has 172 valence electrons. The summed E-state index contributed by atoms with van der Waals surface area (Å²) in [5, 5.41) is 16.0. The monoisotopic (exact) mass is 455 g/mol. The van der Waals surface area contributed by atoms with Crippen LogP contribution in [0.1, 0.15) is 11.1 Å². The first-order chi connectivity index (χ1) is 16.6. The van der Waals surface area contributed by atoms with Crippen LogP contribution in [0.15, 0.2) is 77.3 Å². The lowest BCUT2D eigenvalue weighted by Gasteiger charge is -2.35. The molecule has 0 unspecified atom stereocenters. The van der Waals surface area contributed by atoms with E-state index in [0.29, 0.717) is 17.1 Å². The van der Waals surface area contributed by atoms with Crippen molar-refractivity contribution in [2.75, 3.05) is 31.1 Å². The minimum Gasteiger partial charge on any atom is -0.363 e. The van der Waals surface area contributed by atoms with Crippen molar-refractivity contribution >= 4 is 11.4 Å². The van der Waals surface area contributed by atoms with Crippen molar-refractivity contribution in [1.82, 2.24) is 15.0 Å². The second kappa shape index (κ2) is 9.44. The molecule has 0 atom stereocenters. The van der Waals surface area contributed by atoms with Gasteiger partial charge in [0, 0.05) is 49.9 Å². The second-order valence-corrected chi connectivity index (χ2v) is 8.45. The molecular formula is C26H25N5O3. The van der Waals surface area contributed by atoms with Crippen LogP contribution in [-0.2, 0) is 6.54 Å². The smallest absolute Gasteiger partial charge is 0.293 e. The topological polar surface area (TPSA) is 88.5 Å². The molecule has 8 heteroatoms. The maximum Gasteiger partial charge on any atom is 0.293 e. The lowest BCUT2D eigenvalue weighted by atomic mass is 10.1. The predicted octanol–water partition coefficient (Wildman–Crippen LogP) is 4.94. The van der Waals surface area contributed by atoms with Gasteiger partial charge in [-0.2, -0.15) is 4.98 Å². The van der Waals surface area contributed by atoms with Crippen LogP contribution in [0, 0.1) is 17.0 Å². The molecule has 0 radical (unpaired) electrons. The van der Waals surface area contributed by atoms with Crippen molar-refractivity contribution < 1.29 is 9.45 Å². The summed E-state index contributed by atoms with van der Waals surface area (Å²) in [7, 11) is 0. The summed E-state index contributed by atoms with van der Waals surface area (Å²) < 4.78 is 5.45. The van der Waals surface area contributed by atoms with Gasteiger partial charge in [-0.25, -0.2) is 0 Å². The van der Waals surface area contributed by atoms with Gasteiger partial charge in [0.2, 0.25) is 5.82 Å². The SMILES string of the molecule is Cc1ccccc1-c1noc(-c2ccc(N3CCN(Cc4ccccc4)CC3)c([N+](=O)[O-])c2)n1. The molecule has 1 aromatic heterocycles. The van der Waals surface area contributed by atoms with E-state index in [9.17, 15) is 10.1 Å². The molecule has 0 N–H and O–H groups in total. The van der Waals surface area contributed by atoms with Crippen molar-refractivity contribution in [3.8, 4) is 22.8 Å². The molecule has 0 saturated carbocycles. The summed E-state index contributed by atoms with van der Waals surface area (Å²) in [4.78, 5) is 20.5. The van der Waals surface area contributed by atoms with Crippen LogP contribution in [0.4, 0.5) is 11.4 Å². The van der Waals surface area contributed by atoms with Crippen molar-refractivity contribution in [2.45, 2.75) is 13.5 Å². The van der Waals surface area contributed by atoms with Crippen LogP contribution in [0.3, 0.4) is 0 Å². The standard InChI is InChI=1S/C26H25N5O3/c1-19-7-5-6-10-22(19)25-27-26(34-28-25)21-11-12-23(24(17-21)31(32)33)30-15-13-29(14-16-30)18-20-8-3-2-4-9-20/h2-12,17H,13-16,18H2,1H3. The van der Waals surface area contributed by atoms with E-state index >= 15 is 0 Å². The summed E-state index contributed by atoms with van der Waals surface area (Å²) in [6, 6.07) is 23.2. The number of hydrogen-bond acceptors (Lipinski definition) is 7. The molecule has 1 fully saturated rings. The average Bonchev–Trinajstić information content (AvgIpc) is 3.35. The highest BCUT2D eigenvalue weighted by molar-refractivity contribution is 5.72. The molecule has 0 amide bonds. The van der Waals surface area contributed by atoms with E-state index < -0.39 is 0 Å². The maximum atomic E-state index is 11.9. The average molecular weight is 456 g/mol. The van der Waals surface area contributed by atoms with Gasteiger partial charge in [-0.15, -0.1) is 0 Å². The van der Waals surface area contributed by atoms with Crippen LogP contribution in [0.2, 0.25) is 0 Å². The Bertz CT molecular complexity index is 1300. The molecule has 0 spiro atoms. The maximum absolute atomic E-state index is 11.9. The quantitative estimate of drug-likeness (QED) is 0.300. The number of nitrogens with zero attached hydrogens (tertiary/aromatic N) is 5. The van der Waals surface area contributed by atoms with Crippen LogP contribution in [0.5, 0.6) is 0 Å². The molecular weight excluding hydrogens is 430 g/mol.